The minimum atomic E-state index is -2.95. The molecule has 1 atom stereocenters. The Bertz CT molecular complexity index is 881. The van der Waals surface area contributed by atoms with Crippen LogP contribution in [0.3, 0.4) is 0 Å². The van der Waals surface area contributed by atoms with Crippen molar-refractivity contribution in [2.45, 2.75) is 19.4 Å². The Morgan fingerprint density at radius 2 is 1.96 bits per heavy atom. The summed E-state index contributed by atoms with van der Waals surface area (Å²) < 4.78 is 23.3. The minimum Gasteiger partial charge on any atom is -0.355 e. The Morgan fingerprint density at radius 1 is 1.24 bits per heavy atom. The number of carbonyl (C=O) groups excluding carboxylic acids is 1. The first-order valence-electron chi connectivity index (χ1n) is 7.98. The van der Waals surface area contributed by atoms with Gasteiger partial charge in [0, 0.05) is 30.5 Å². The van der Waals surface area contributed by atoms with Gasteiger partial charge in [-0.05, 0) is 43.7 Å². The molecule has 0 amide bonds. The van der Waals surface area contributed by atoms with Crippen molar-refractivity contribution < 1.29 is 13.2 Å². The van der Waals surface area contributed by atoms with Crippen LogP contribution in [-0.4, -0.2) is 48.8 Å². The van der Waals surface area contributed by atoms with Crippen LogP contribution in [0.1, 0.15) is 23.7 Å². The van der Waals surface area contributed by atoms with Gasteiger partial charge < -0.3 is 10.2 Å². The summed E-state index contributed by atoms with van der Waals surface area (Å²) in [6.45, 7) is 1.52. The lowest BCUT2D eigenvalue weighted by Crippen LogP contribution is -2.33. The number of nitrogens with one attached hydrogen (secondary N) is 1. The lowest BCUT2D eigenvalue weighted by molar-refractivity contribution is 0.101. The van der Waals surface area contributed by atoms with Crippen molar-refractivity contribution in [1.82, 2.24) is 9.97 Å². The highest BCUT2D eigenvalue weighted by molar-refractivity contribution is 7.91. The fourth-order valence-electron chi connectivity index (χ4n) is 2.79. The third kappa shape index (κ3) is 4.14. The molecule has 3 rings (SSSR count). The van der Waals surface area contributed by atoms with Crippen molar-refractivity contribution in [2.75, 3.05) is 28.8 Å². The quantitative estimate of drug-likeness (QED) is 0.816. The molecule has 0 spiro atoms. The number of nitrogens with zero attached hydrogens (tertiary/aromatic N) is 3. The Hall–Kier alpha value is -2.48. The molecule has 132 valence electrons. The maximum absolute atomic E-state index is 11.7. The molecule has 1 saturated heterocycles. The van der Waals surface area contributed by atoms with Crippen LogP contribution in [0, 0.1) is 0 Å². The number of sulfone groups is 1. The molecular weight excluding hydrogens is 340 g/mol. The zero-order valence-electron chi connectivity index (χ0n) is 14.1. The number of anilines is 3. The average Bonchev–Trinajstić information content (AvgIpc) is 2.95. The van der Waals surface area contributed by atoms with Crippen LogP contribution >= 0.6 is 0 Å². The van der Waals surface area contributed by atoms with Gasteiger partial charge in [0.25, 0.3) is 0 Å². The first-order valence-corrected chi connectivity index (χ1v) is 9.80. The lowest BCUT2D eigenvalue weighted by atomic mass is 10.1. The lowest BCUT2D eigenvalue weighted by Gasteiger charge is -2.24. The number of rotatable bonds is 5. The fourth-order valence-corrected chi connectivity index (χ4v) is 4.57. The second-order valence-corrected chi connectivity index (χ2v) is 8.39. The molecule has 2 heterocycles. The van der Waals surface area contributed by atoms with E-state index in [2.05, 4.69) is 15.3 Å². The van der Waals surface area contributed by atoms with Gasteiger partial charge in [0.1, 0.15) is 5.82 Å². The van der Waals surface area contributed by atoms with Crippen LogP contribution in [0.25, 0.3) is 0 Å². The van der Waals surface area contributed by atoms with E-state index in [0.29, 0.717) is 23.8 Å². The van der Waals surface area contributed by atoms with E-state index in [0.717, 1.165) is 5.69 Å². The molecule has 0 saturated carbocycles. The van der Waals surface area contributed by atoms with Crippen molar-refractivity contribution in [1.29, 1.82) is 0 Å². The highest BCUT2D eigenvalue weighted by atomic mass is 32.2. The van der Waals surface area contributed by atoms with Crippen LogP contribution in [0.2, 0.25) is 0 Å². The molecule has 1 aliphatic rings. The maximum Gasteiger partial charge on any atom is 0.229 e. The summed E-state index contributed by atoms with van der Waals surface area (Å²) in [5.41, 5.74) is 1.41. The summed E-state index contributed by atoms with van der Waals surface area (Å²) >= 11 is 0. The van der Waals surface area contributed by atoms with Crippen LogP contribution in [-0.2, 0) is 9.84 Å². The second kappa shape index (κ2) is 6.79. The number of aromatic nitrogens is 2. The van der Waals surface area contributed by atoms with Gasteiger partial charge in [-0.2, -0.15) is 4.98 Å². The summed E-state index contributed by atoms with van der Waals surface area (Å²) in [4.78, 5) is 21.9. The molecule has 7 nitrogen and oxygen atoms in total. The Morgan fingerprint density at radius 3 is 2.56 bits per heavy atom. The maximum atomic E-state index is 11.7. The predicted molar refractivity (Wildman–Crippen MR) is 97.2 cm³/mol. The molecule has 0 aliphatic carbocycles. The molecule has 1 N–H and O–H groups in total. The van der Waals surface area contributed by atoms with Gasteiger partial charge in [0.05, 0.1) is 11.5 Å². The second-order valence-electron chi connectivity index (χ2n) is 6.16. The van der Waals surface area contributed by atoms with Gasteiger partial charge in [-0.3, -0.25) is 4.79 Å². The highest BCUT2D eigenvalue weighted by Gasteiger charge is 2.31. The van der Waals surface area contributed by atoms with Gasteiger partial charge in [0.2, 0.25) is 5.95 Å². The first kappa shape index (κ1) is 17.3. The molecule has 1 aromatic carbocycles. The first-order chi connectivity index (χ1) is 11.8. The predicted octanol–water partition coefficient (Wildman–Crippen LogP) is 2.05. The SMILES string of the molecule is CC(=O)c1ccc(Nc2nccc(N(C)C3CCS(=O)(=O)C3)n2)cc1. The van der Waals surface area contributed by atoms with Crippen LogP contribution in [0.4, 0.5) is 17.5 Å². The molecule has 2 aromatic rings. The van der Waals surface area contributed by atoms with E-state index in [1.54, 1.807) is 36.5 Å². The van der Waals surface area contributed by atoms with E-state index in [1.807, 2.05) is 11.9 Å². The summed E-state index contributed by atoms with van der Waals surface area (Å²) in [5, 5.41) is 3.09. The molecular formula is C17H20N4O3S. The molecule has 8 heteroatoms. The molecule has 25 heavy (non-hydrogen) atoms. The van der Waals surface area contributed by atoms with Crippen LogP contribution in [0.5, 0.6) is 0 Å². The normalized spacial score (nSPS) is 18.7. The van der Waals surface area contributed by atoms with Crippen LogP contribution in [0.15, 0.2) is 36.5 Å². The zero-order chi connectivity index (χ0) is 18.0. The van der Waals surface area contributed by atoms with Gasteiger partial charge >= 0.3 is 0 Å². The monoisotopic (exact) mass is 360 g/mol. The minimum absolute atomic E-state index is 0.0120. The molecule has 0 radical (unpaired) electrons. The zero-order valence-corrected chi connectivity index (χ0v) is 15.0. The Balaban J connectivity index is 1.74. The van der Waals surface area contributed by atoms with E-state index in [-0.39, 0.29) is 23.3 Å². The van der Waals surface area contributed by atoms with Gasteiger partial charge in [-0.1, -0.05) is 0 Å². The highest BCUT2D eigenvalue weighted by Crippen LogP contribution is 2.22. The Kier molecular flexibility index (Phi) is 4.71. The summed E-state index contributed by atoms with van der Waals surface area (Å²) in [5.74, 6) is 1.47. The van der Waals surface area contributed by atoms with E-state index in [9.17, 15) is 13.2 Å². The topological polar surface area (TPSA) is 92.3 Å². The summed E-state index contributed by atoms with van der Waals surface area (Å²) in [6.07, 6.45) is 2.24. The average molecular weight is 360 g/mol. The molecule has 1 aliphatic heterocycles. The third-order valence-electron chi connectivity index (χ3n) is 4.31. The Labute approximate surface area is 147 Å². The number of benzene rings is 1. The van der Waals surface area contributed by atoms with Gasteiger partial charge in [-0.15, -0.1) is 0 Å². The van der Waals surface area contributed by atoms with Crippen molar-refractivity contribution in [2.24, 2.45) is 0 Å². The number of hydrogen-bond donors (Lipinski definition) is 1. The number of ketones is 1. The molecule has 1 unspecified atom stereocenters. The smallest absolute Gasteiger partial charge is 0.229 e. The molecule has 0 bridgehead atoms. The van der Waals surface area contributed by atoms with E-state index < -0.39 is 9.84 Å². The van der Waals surface area contributed by atoms with E-state index in [4.69, 9.17) is 0 Å². The van der Waals surface area contributed by atoms with Gasteiger partial charge in [-0.25, -0.2) is 13.4 Å². The molecule has 1 aromatic heterocycles. The van der Waals surface area contributed by atoms with E-state index in [1.165, 1.54) is 6.92 Å². The fraction of sp³-hybridized carbons (Fsp3) is 0.353. The number of carbonyl (C=O) groups is 1. The standard InChI is InChI=1S/C17H20N4O3S/c1-12(22)13-3-5-14(6-4-13)19-17-18-9-7-16(20-17)21(2)15-8-10-25(23,24)11-15/h3-7,9,15H,8,10-11H2,1-2H3,(H,18,19,20). The van der Waals surface area contributed by atoms with Crippen molar-refractivity contribution in [3.63, 3.8) is 0 Å². The van der Waals surface area contributed by atoms with Crippen molar-refractivity contribution >= 4 is 33.1 Å². The summed E-state index contributed by atoms with van der Waals surface area (Å²) in [7, 11) is -1.10. The number of hydrogen-bond acceptors (Lipinski definition) is 7. The van der Waals surface area contributed by atoms with Crippen molar-refractivity contribution in [3.8, 4) is 0 Å². The molecule has 1 fully saturated rings. The summed E-state index contributed by atoms with van der Waals surface area (Å²) in [6, 6.07) is 8.76. The van der Waals surface area contributed by atoms with Crippen LogP contribution < -0.4 is 10.2 Å². The van der Waals surface area contributed by atoms with E-state index >= 15 is 0 Å². The largest absolute Gasteiger partial charge is 0.355 e. The van der Waals surface area contributed by atoms with Gasteiger partial charge in [0.15, 0.2) is 15.6 Å². The van der Waals surface area contributed by atoms with Crippen molar-refractivity contribution in [3.05, 3.63) is 42.1 Å². The third-order valence-corrected chi connectivity index (χ3v) is 6.06. The number of Topliss-reactive ketones (excluding diaryl/α,β-unsaturated/α-hetero) is 1.